The van der Waals surface area contributed by atoms with Gasteiger partial charge in [-0.3, -0.25) is 9.78 Å². The highest BCUT2D eigenvalue weighted by Gasteiger charge is 2.35. The summed E-state index contributed by atoms with van der Waals surface area (Å²) in [6.07, 6.45) is 5.55. The van der Waals surface area contributed by atoms with Gasteiger partial charge in [0.05, 0.1) is 25.4 Å². The van der Waals surface area contributed by atoms with E-state index in [9.17, 15) is 18.3 Å². The van der Waals surface area contributed by atoms with E-state index in [1.165, 1.54) is 11.4 Å². The average Bonchev–Trinajstić information content (AvgIpc) is 2.75. The lowest BCUT2D eigenvalue weighted by atomic mass is 9.99. The van der Waals surface area contributed by atoms with Crippen LogP contribution in [-0.2, 0) is 10.0 Å². The summed E-state index contributed by atoms with van der Waals surface area (Å²) in [6.45, 7) is 3.88. The minimum Gasteiger partial charge on any atom is -0.472 e. The summed E-state index contributed by atoms with van der Waals surface area (Å²) in [6, 6.07) is 4.94. The topological polar surface area (TPSA) is 113 Å². The third-order valence-corrected chi connectivity index (χ3v) is 6.80. The van der Waals surface area contributed by atoms with Crippen LogP contribution in [0.4, 0.5) is 0 Å². The highest BCUT2D eigenvalue weighted by Crippen LogP contribution is 2.30. The predicted molar refractivity (Wildman–Crippen MR) is 116 cm³/mol. The van der Waals surface area contributed by atoms with Crippen molar-refractivity contribution in [2.45, 2.75) is 26.0 Å². The monoisotopic (exact) mass is 448 g/mol. The molecule has 0 saturated carbocycles. The molecule has 1 amide bonds. The van der Waals surface area contributed by atoms with Crippen molar-refractivity contribution in [1.29, 1.82) is 0 Å². The van der Waals surface area contributed by atoms with Crippen molar-refractivity contribution in [3.8, 4) is 17.0 Å². The smallest absolute Gasteiger partial charge is 0.259 e. The van der Waals surface area contributed by atoms with E-state index in [-0.39, 0.29) is 36.4 Å². The van der Waals surface area contributed by atoms with Crippen molar-refractivity contribution in [2.75, 3.05) is 33.0 Å². The molecule has 0 aliphatic carbocycles. The molecule has 3 heterocycles. The van der Waals surface area contributed by atoms with Crippen LogP contribution >= 0.6 is 0 Å². The lowest BCUT2D eigenvalue weighted by molar-refractivity contribution is 0.0374. The molecule has 3 rings (SSSR count). The molecule has 3 atom stereocenters. The second kappa shape index (κ2) is 9.29. The average molecular weight is 449 g/mol. The van der Waals surface area contributed by atoms with Gasteiger partial charge in [0, 0.05) is 49.2 Å². The van der Waals surface area contributed by atoms with Gasteiger partial charge in [-0.05, 0) is 19.1 Å². The fourth-order valence-corrected chi connectivity index (χ4v) is 3.82. The zero-order chi connectivity index (χ0) is 22.8. The number of hydrogen-bond donors (Lipinski definition) is 1. The fourth-order valence-electron chi connectivity index (χ4n) is 3.40. The van der Waals surface area contributed by atoms with Crippen molar-refractivity contribution < 1.29 is 23.1 Å². The Bertz CT molecular complexity index is 1030. The summed E-state index contributed by atoms with van der Waals surface area (Å²) in [5, 5.41) is 9.72. The summed E-state index contributed by atoms with van der Waals surface area (Å²) in [5.41, 5.74) is 1.77. The fraction of sp³-hybridized carbons (Fsp3) is 0.476. The maximum atomic E-state index is 13.4. The van der Waals surface area contributed by atoms with Crippen molar-refractivity contribution in [2.24, 2.45) is 5.92 Å². The summed E-state index contributed by atoms with van der Waals surface area (Å²) in [4.78, 5) is 23.5. The molecule has 2 aromatic rings. The van der Waals surface area contributed by atoms with E-state index in [1.807, 2.05) is 13.0 Å². The second-order valence-corrected chi connectivity index (χ2v) is 10.1. The zero-order valence-corrected chi connectivity index (χ0v) is 18.9. The number of nitrogens with zero attached hydrogens (tertiary/aromatic N) is 4. The van der Waals surface area contributed by atoms with Crippen LogP contribution in [0.25, 0.3) is 11.1 Å². The molecule has 1 aliphatic rings. The maximum Gasteiger partial charge on any atom is 0.259 e. The number of sulfonamides is 1. The van der Waals surface area contributed by atoms with Crippen molar-refractivity contribution in [3.05, 3.63) is 42.4 Å². The van der Waals surface area contributed by atoms with E-state index in [1.54, 1.807) is 42.5 Å². The van der Waals surface area contributed by atoms with Crippen LogP contribution in [0.3, 0.4) is 0 Å². The van der Waals surface area contributed by atoms with Gasteiger partial charge in [0.1, 0.15) is 11.7 Å². The largest absolute Gasteiger partial charge is 0.472 e. The van der Waals surface area contributed by atoms with Gasteiger partial charge < -0.3 is 14.7 Å². The Kier molecular flexibility index (Phi) is 6.93. The third-order valence-electron chi connectivity index (χ3n) is 5.52. The number of aliphatic hydroxyl groups is 1. The molecule has 1 N–H and O–H groups in total. The maximum absolute atomic E-state index is 13.4. The SMILES string of the molecule is C[C@@H]1CN([C@H](C)CO)C(=O)c2cc(-c3cccnc3)cnc2O[C@@H]1CN(C)S(C)(=O)=O. The first-order valence-electron chi connectivity index (χ1n) is 10.0. The first-order chi connectivity index (χ1) is 14.6. The zero-order valence-electron chi connectivity index (χ0n) is 18.1. The molecule has 168 valence electrons. The normalized spacial score (nSPS) is 20.6. The number of carbonyl (C=O) groups excluding carboxylic acids is 1. The molecule has 0 aromatic carbocycles. The van der Waals surface area contributed by atoms with E-state index >= 15 is 0 Å². The highest BCUT2D eigenvalue weighted by atomic mass is 32.2. The molecular weight excluding hydrogens is 420 g/mol. The molecule has 0 bridgehead atoms. The Labute approximate surface area is 182 Å². The molecule has 0 spiro atoms. The van der Waals surface area contributed by atoms with Crippen molar-refractivity contribution in [1.82, 2.24) is 19.2 Å². The van der Waals surface area contributed by atoms with Gasteiger partial charge >= 0.3 is 0 Å². The first-order valence-corrected chi connectivity index (χ1v) is 11.9. The number of ether oxygens (including phenoxy) is 1. The van der Waals surface area contributed by atoms with E-state index in [2.05, 4.69) is 9.97 Å². The van der Waals surface area contributed by atoms with Crippen LogP contribution in [0.5, 0.6) is 5.88 Å². The molecule has 31 heavy (non-hydrogen) atoms. The summed E-state index contributed by atoms with van der Waals surface area (Å²) < 4.78 is 31.2. The number of likely N-dealkylation sites (N-methyl/N-ethyl adjacent to an activating group) is 1. The Balaban J connectivity index is 2.06. The molecule has 0 saturated heterocycles. The van der Waals surface area contributed by atoms with E-state index < -0.39 is 22.2 Å². The summed E-state index contributed by atoms with van der Waals surface area (Å²) in [7, 11) is -1.92. The van der Waals surface area contributed by atoms with Crippen LogP contribution in [-0.4, -0.2) is 83.8 Å². The molecule has 2 aromatic heterocycles. The number of pyridine rings is 2. The molecule has 0 fully saturated rings. The Morgan fingerprint density at radius 3 is 2.71 bits per heavy atom. The lowest BCUT2D eigenvalue weighted by Crippen LogP contribution is -2.50. The number of aliphatic hydroxyl groups excluding tert-OH is 1. The standard InChI is InChI=1S/C21H28N4O5S/c1-14-11-25(15(2)13-26)21(27)18-8-17(16-6-5-7-22-9-16)10-23-20(18)30-19(14)12-24(3)31(4,28)29/h5-10,14-15,19,26H,11-13H2,1-4H3/t14-,15-,19-/m1/s1. The Hall–Kier alpha value is -2.56. The van der Waals surface area contributed by atoms with Crippen LogP contribution in [0.1, 0.15) is 24.2 Å². The highest BCUT2D eigenvalue weighted by molar-refractivity contribution is 7.88. The molecular formula is C21H28N4O5S. The first kappa shape index (κ1) is 23.1. The van der Waals surface area contributed by atoms with Gasteiger partial charge in [0.25, 0.3) is 5.91 Å². The number of aromatic nitrogens is 2. The van der Waals surface area contributed by atoms with Gasteiger partial charge in [-0.2, -0.15) is 0 Å². The van der Waals surface area contributed by atoms with Gasteiger partial charge in [-0.15, -0.1) is 0 Å². The van der Waals surface area contributed by atoms with Gasteiger partial charge in [-0.1, -0.05) is 13.0 Å². The number of hydrogen-bond acceptors (Lipinski definition) is 7. The van der Waals surface area contributed by atoms with Crippen LogP contribution < -0.4 is 4.74 Å². The van der Waals surface area contributed by atoms with Gasteiger partial charge in [0.2, 0.25) is 15.9 Å². The van der Waals surface area contributed by atoms with Crippen LogP contribution in [0.2, 0.25) is 0 Å². The van der Waals surface area contributed by atoms with E-state index in [4.69, 9.17) is 4.74 Å². The van der Waals surface area contributed by atoms with Crippen molar-refractivity contribution in [3.63, 3.8) is 0 Å². The van der Waals surface area contributed by atoms with E-state index in [0.29, 0.717) is 12.1 Å². The van der Waals surface area contributed by atoms with Crippen LogP contribution in [0.15, 0.2) is 36.8 Å². The predicted octanol–water partition coefficient (Wildman–Crippen LogP) is 1.26. The molecule has 0 unspecified atom stereocenters. The second-order valence-electron chi connectivity index (χ2n) is 7.98. The van der Waals surface area contributed by atoms with Crippen LogP contribution in [0, 0.1) is 5.92 Å². The number of amides is 1. The lowest BCUT2D eigenvalue weighted by Gasteiger charge is -2.37. The molecule has 9 nitrogen and oxygen atoms in total. The molecule has 10 heteroatoms. The number of fused-ring (bicyclic) bond motifs is 1. The van der Waals surface area contributed by atoms with E-state index in [0.717, 1.165) is 11.8 Å². The summed E-state index contributed by atoms with van der Waals surface area (Å²) >= 11 is 0. The minimum atomic E-state index is -3.41. The quantitative estimate of drug-likeness (QED) is 0.708. The Morgan fingerprint density at radius 1 is 1.35 bits per heavy atom. The number of rotatable bonds is 6. The Morgan fingerprint density at radius 2 is 2.10 bits per heavy atom. The molecule has 0 radical (unpaired) electrons. The molecule has 1 aliphatic heterocycles. The van der Waals surface area contributed by atoms with Gasteiger partial charge in [0.15, 0.2) is 0 Å². The number of carbonyl (C=O) groups is 1. The minimum absolute atomic E-state index is 0.112. The van der Waals surface area contributed by atoms with Gasteiger partial charge in [-0.25, -0.2) is 17.7 Å². The summed E-state index contributed by atoms with van der Waals surface area (Å²) in [5.74, 6) is -0.349. The van der Waals surface area contributed by atoms with Crippen molar-refractivity contribution >= 4 is 15.9 Å². The third kappa shape index (κ3) is 5.20.